The summed E-state index contributed by atoms with van der Waals surface area (Å²) in [5.41, 5.74) is -0.136. The summed E-state index contributed by atoms with van der Waals surface area (Å²) in [4.78, 5) is 13.7. The van der Waals surface area contributed by atoms with E-state index in [4.69, 9.17) is 20.2 Å². The Labute approximate surface area is 118 Å². The number of carbonyl (C=O) groups excluding carboxylic acids is 1. The molecule has 1 rings (SSSR count). The lowest BCUT2D eigenvalue weighted by atomic mass is 10.1. The zero-order chi connectivity index (χ0) is 14.8. The first-order chi connectivity index (χ1) is 9.67. The smallest absolute Gasteiger partial charge is 0.348 e. The van der Waals surface area contributed by atoms with Crippen LogP contribution in [0.4, 0.5) is 0 Å². The number of allylic oxidation sites excluding steroid dienone is 2. The average molecular weight is 280 g/mol. The van der Waals surface area contributed by atoms with E-state index >= 15 is 0 Å². The molecule has 1 aliphatic heterocycles. The Morgan fingerprint density at radius 3 is 2.70 bits per heavy atom. The molecule has 1 fully saturated rings. The van der Waals surface area contributed by atoms with Crippen LogP contribution in [-0.4, -0.2) is 53.5 Å². The van der Waals surface area contributed by atoms with Crippen molar-refractivity contribution >= 4 is 5.97 Å². The molecule has 0 aromatic heterocycles. The van der Waals surface area contributed by atoms with E-state index in [9.17, 15) is 4.79 Å². The van der Waals surface area contributed by atoms with Crippen LogP contribution in [-0.2, 0) is 9.53 Å². The SMILES string of the molecule is N#CC(=CC=CN1CCCCC1)C(=O)OCC(O)CO. The number of esters is 1. The Morgan fingerprint density at radius 1 is 1.40 bits per heavy atom. The van der Waals surface area contributed by atoms with E-state index in [2.05, 4.69) is 4.90 Å². The van der Waals surface area contributed by atoms with Crippen LogP contribution >= 0.6 is 0 Å². The van der Waals surface area contributed by atoms with Gasteiger partial charge in [0.1, 0.15) is 24.4 Å². The predicted molar refractivity (Wildman–Crippen MR) is 72.3 cm³/mol. The molecule has 1 aliphatic rings. The summed E-state index contributed by atoms with van der Waals surface area (Å²) in [7, 11) is 0. The predicted octanol–water partition coefficient (Wildman–Crippen LogP) is 0.332. The van der Waals surface area contributed by atoms with Gasteiger partial charge < -0.3 is 19.8 Å². The van der Waals surface area contributed by atoms with Gasteiger partial charge in [0, 0.05) is 13.1 Å². The zero-order valence-corrected chi connectivity index (χ0v) is 11.4. The lowest BCUT2D eigenvalue weighted by molar-refractivity contribution is -0.142. The molecule has 1 heterocycles. The number of piperidine rings is 1. The van der Waals surface area contributed by atoms with Crippen molar-refractivity contribution in [3.8, 4) is 6.07 Å². The Morgan fingerprint density at radius 2 is 2.10 bits per heavy atom. The fourth-order valence-electron chi connectivity index (χ4n) is 1.78. The van der Waals surface area contributed by atoms with E-state index in [1.165, 1.54) is 12.5 Å². The van der Waals surface area contributed by atoms with Crippen molar-refractivity contribution in [2.45, 2.75) is 25.4 Å². The number of aliphatic hydroxyl groups is 2. The largest absolute Gasteiger partial charge is 0.459 e. The molecule has 0 aliphatic carbocycles. The lowest BCUT2D eigenvalue weighted by Gasteiger charge is -2.24. The maximum Gasteiger partial charge on any atom is 0.348 e. The molecule has 2 N–H and O–H groups in total. The quantitative estimate of drug-likeness (QED) is 0.315. The van der Waals surface area contributed by atoms with Gasteiger partial charge in [0.25, 0.3) is 0 Å². The Kier molecular flexibility index (Phi) is 7.40. The number of rotatable bonds is 6. The van der Waals surface area contributed by atoms with Gasteiger partial charge >= 0.3 is 5.97 Å². The van der Waals surface area contributed by atoms with Gasteiger partial charge in [-0.25, -0.2) is 4.79 Å². The minimum Gasteiger partial charge on any atom is -0.459 e. The molecule has 0 radical (unpaired) electrons. The fourth-order valence-corrected chi connectivity index (χ4v) is 1.78. The summed E-state index contributed by atoms with van der Waals surface area (Å²) in [6, 6.07) is 1.75. The number of hydrogen-bond acceptors (Lipinski definition) is 6. The Bertz CT molecular complexity index is 406. The summed E-state index contributed by atoms with van der Waals surface area (Å²) in [5, 5.41) is 26.5. The van der Waals surface area contributed by atoms with E-state index in [0.717, 1.165) is 25.9 Å². The van der Waals surface area contributed by atoms with Crippen LogP contribution in [0.25, 0.3) is 0 Å². The molecule has 0 saturated carbocycles. The summed E-state index contributed by atoms with van der Waals surface area (Å²) < 4.78 is 4.70. The zero-order valence-electron chi connectivity index (χ0n) is 11.4. The van der Waals surface area contributed by atoms with Crippen molar-refractivity contribution in [3.05, 3.63) is 23.9 Å². The van der Waals surface area contributed by atoms with Gasteiger partial charge in [-0.15, -0.1) is 0 Å². The minimum absolute atomic E-state index is 0.136. The van der Waals surface area contributed by atoms with Crippen LogP contribution in [0.15, 0.2) is 23.9 Å². The molecular weight excluding hydrogens is 260 g/mol. The number of nitriles is 1. The second-order valence-electron chi connectivity index (χ2n) is 4.57. The number of ether oxygens (including phenoxy) is 1. The van der Waals surface area contributed by atoms with E-state index in [-0.39, 0.29) is 12.2 Å². The van der Waals surface area contributed by atoms with Crippen molar-refractivity contribution < 1.29 is 19.7 Å². The monoisotopic (exact) mass is 280 g/mol. The number of nitrogens with zero attached hydrogens (tertiary/aromatic N) is 2. The van der Waals surface area contributed by atoms with Gasteiger partial charge in [0.05, 0.1) is 6.61 Å². The first-order valence-electron chi connectivity index (χ1n) is 6.66. The van der Waals surface area contributed by atoms with Gasteiger partial charge in [0.15, 0.2) is 0 Å². The second-order valence-corrected chi connectivity index (χ2v) is 4.57. The minimum atomic E-state index is -1.12. The summed E-state index contributed by atoms with van der Waals surface area (Å²) in [6.07, 6.45) is 7.31. The van der Waals surface area contributed by atoms with Gasteiger partial charge in [-0.2, -0.15) is 5.26 Å². The normalized spacial score (nSPS) is 17.9. The van der Waals surface area contributed by atoms with Crippen molar-refractivity contribution in [3.63, 3.8) is 0 Å². The molecule has 0 bridgehead atoms. The van der Waals surface area contributed by atoms with Crippen molar-refractivity contribution in [1.82, 2.24) is 4.90 Å². The van der Waals surface area contributed by atoms with E-state index in [1.807, 2.05) is 6.20 Å². The Hall–Kier alpha value is -1.84. The van der Waals surface area contributed by atoms with Crippen LogP contribution in [0, 0.1) is 11.3 Å². The molecule has 110 valence electrons. The maximum absolute atomic E-state index is 11.5. The molecule has 0 aromatic carbocycles. The van der Waals surface area contributed by atoms with Crippen LogP contribution in [0.3, 0.4) is 0 Å². The number of likely N-dealkylation sites (tertiary alicyclic amines) is 1. The average Bonchev–Trinajstić information content (AvgIpc) is 2.49. The molecule has 1 atom stereocenters. The molecular formula is C14H20N2O4. The second kappa shape index (κ2) is 9.13. The highest BCUT2D eigenvalue weighted by Crippen LogP contribution is 2.09. The summed E-state index contributed by atoms with van der Waals surface area (Å²) >= 11 is 0. The highest BCUT2D eigenvalue weighted by atomic mass is 16.5. The maximum atomic E-state index is 11.5. The molecule has 0 amide bonds. The topological polar surface area (TPSA) is 93.8 Å². The van der Waals surface area contributed by atoms with E-state index in [0.29, 0.717) is 0 Å². The van der Waals surface area contributed by atoms with Crippen LogP contribution < -0.4 is 0 Å². The number of carbonyl (C=O) groups is 1. The third-order valence-electron chi connectivity index (χ3n) is 2.91. The van der Waals surface area contributed by atoms with Gasteiger partial charge in [-0.05, 0) is 37.6 Å². The standard InChI is InChI=1S/C14H20N2O4/c15-9-12(14(19)20-11-13(18)10-17)5-4-8-16-6-2-1-3-7-16/h4-5,8,13,17-18H,1-3,6-7,10-11H2. The first kappa shape index (κ1) is 16.2. The van der Waals surface area contributed by atoms with Gasteiger partial charge in [0.2, 0.25) is 0 Å². The molecule has 1 saturated heterocycles. The molecule has 0 aromatic rings. The third kappa shape index (κ3) is 5.87. The van der Waals surface area contributed by atoms with Crippen LogP contribution in [0.2, 0.25) is 0 Å². The highest BCUT2D eigenvalue weighted by Gasteiger charge is 2.12. The molecule has 0 spiro atoms. The van der Waals surface area contributed by atoms with Crippen molar-refractivity contribution in [1.29, 1.82) is 5.26 Å². The van der Waals surface area contributed by atoms with Crippen molar-refractivity contribution in [2.24, 2.45) is 0 Å². The van der Waals surface area contributed by atoms with E-state index in [1.54, 1.807) is 12.1 Å². The molecule has 20 heavy (non-hydrogen) atoms. The number of aliphatic hydroxyl groups excluding tert-OH is 2. The van der Waals surface area contributed by atoms with Gasteiger partial charge in [-0.3, -0.25) is 0 Å². The third-order valence-corrected chi connectivity index (χ3v) is 2.91. The van der Waals surface area contributed by atoms with Crippen LogP contribution in [0.1, 0.15) is 19.3 Å². The van der Waals surface area contributed by atoms with Crippen molar-refractivity contribution in [2.75, 3.05) is 26.3 Å². The molecule has 1 unspecified atom stereocenters. The van der Waals surface area contributed by atoms with Gasteiger partial charge in [-0.1, -0.05) is 0 Å². The molecule has 6 heteroatoms. The van der Waals surface area contributed by atoms with E-state index < -0.39 is 18.7 Å². The van der Waals surface area contributed by atoms with Crippen LogP contribution in [0.5, 0.6) is 0 Å². The summed E-state index contributed by atoms with van der Waals surface area (Å²) in [5.74, 6) is -0.803. The molecule has 6 nitrogen and oxygen atoms in total. The summed E-state index contributed by atoms with van der Waals surface area (Å²) in [6.45, 7) is 1.15. The first-order valence-corrected chi connectivity index (χ1v) is 6.66. The number of hydrogen-bond donors (Lipinski definition) is 2. The lowest BCUT2D eigenvalue weighted by Crippen LogP contribution is -2.24. The fraction of sp³-hybridized carbons (Fsp3) is 0.571. The Balaban J connectivity index is 2.47. The highest BCUT2D eigenvalue weighted by molar-refractivity contribution is 5.93.